The zero-order chi connectivity index (χ0) is 20.3. The number of anilines is 2. The van der Waals surface area contributed by atoms with Gasteiger partial charge in [-0.15, -0.1) is 0 Å². The van der Waals surface area contributed by atoms with Crippen molar-refractivity contribution in [2.24, 2.45) is 0 Å². The highest BCUT2D eigenvalue weighted by molar-refractivity contribution is 6.32. The van der Waals surface area contributed by atoms with Crippen LogP contribution in [-0.4, -0.2) is 28.7 Å². The molecule has 144 valence electrons. The van der Waals surface area contributed by atoms with Crippen LogP contribution in [0.3, 0.4) is 0 Å². The summed E-state index contributed by atoms with van der Waals surface area (Å²) in [7, 11) is 0. The van der Waals surface area contributed by atoms with Gasteiger partial charge in [0.2, 0.25) is 11.8 Å². The molecule has 1 aliphatic rings. The molecule has 1 atom stereocenters. The number of hydrogen-bond donors (Lipinski definition) is 3. The van der Waals surface area contributed by atoms with E-state index in [9.17, 15) is 24.5 Å². The molecule has 0 aromatic heterocycles. The molecular weight excluding hydrogens is 388 g/mol. The van der Waals surface area contributed by atoms with Crippen LogP contribution < -0.4 is 16.0 Å². The summed E-state index contributed by atoms with van der Waals surface area (Å²) in [6, 6.07) is 9.61. The number of nitrogens with zero attached hydrogens (tertiary/aromatic N) is 1. The summed E-state index contributed by atoms with van der Waals surface area (Å²) < 4.78 is 0. The first kappa shape index (κ1) is 19.3. The zero-order valence-electron chi connectivity index (χ0n) is 14.4. The third-order valence-corrected chi connectivity index (χ3v) is 4.46. The zero-order valence-corrected chi connectivity index (χ0v) is 15.2. The molecular formula is C18H15ClN4O5. The second-order valence-electron chi connectivity index (χ2n) is 6.07. The summed E-state index contributed by atoms with van der Waals surface area (Å²) in [6.07, 6.45) is -0.0157. The van der Waals surface area contributed by atoms with Crippen LogP contribution in [0.5, 0.6) is 0 Å². The van der Waals surface area contributed by atoms with Crippen LogP contribution in [0.25, 0.3) is 0 Å². The average Bonchev–Trinajstić information content (AvgIpc) is 2.77. The van der Waals surface area contributed by atoms with Gasteiger partial charge in [0.1, 0.15) is 11.1 Å². The maximum Gasteiger partial charge on any atom is 0.289 e. The lowest BCUT2D eigenvalue weighted by atomic mass is 10.1. The molecule has 0 spiro atoms. The standard InChI is InChI=1S/C18H15ClN4O5/c19-12-6-5-10(9-15(12)23(27)28)20-16(24)8-7-14-18(26)21-13-4-2-1-3-11(13)17(25)22-14/h1-6,9,14H,7-8H2,(H,20,24)(H,21,26)(H,22,25). The van der Waals surface area contributed by atoms with Crippen molar-refractivity contribution in [3.63, 3.8) is 0 Å². The summed E-state index contributed by atoms with van der Waals surface area (Å²) in [5.41, 5.74) is 0.636. The van der Waals surface area contributed by atoms with Crippen molar-refractivity contribution in [3.8, 4) is 0 Å². The molecule has 28 heavy (non-hydrogen) atoms. The molecule has 3 N–H and O–H groups in total. The highest BCUT2D eigenvalue weighted by Gasteiger charge is 2.27. The van der Waals surface area contributed by atoms with Gasteiger partial charge in [0.25, 0.3) is 11.6 Å². The minimum atomic E-state index is -0.884. The highest BCUT2D eigenvalue weighted by Crippen LogP contribution is 2.27. The maximum atomic E-state index is 12.3. The molecule has 1 heterocycles. The Kier molecular flexibility index (Phi) is 5.55. The maximum absolute atomic E-state index is 12.3. The lowest BCUT2D eigenvalue weighted by molar-refractivity contribution is -0.384. The Morgan fingerprint density at radius 3 is 2.71 bits per heavy atom. The van der Waals surface area contributed by atoms with E-state index in [0.29, 0.717) is 11.3 Å². The second-order valence-corrected chi connectivity index (χ2v) is 6.48. The van der Waals surface area contributed by atoms with Crippen LogP contribution in [0.2, 0.25) is 5.02 Å². The van der Waals surface area contributed by atoms with Gasteiger partial charge < -0.3 is 16.0 Å². The monoisotopic (exact) mass is 402 g/mol. The largest absolute Gasteiger partial charge is 0.340 e. The smallest absolute Gasteiger partial charge is 0.289 e. The van der Waals surface area contributed by atoms with Gasteiger partial charge in [-0.3, -0.25) is 24.5 Å². The number of carbonyl (C=O) groups excluding carboxylic acids is 3. The normalized spacial score (nSPS) is 15.7. The fourth-order valence-corrected chi connectivity index (χ4v) is 2.93. The number of para-hydroxylation sites is 1. The first-order valence-electron chi connectivity index (χ1n) is 8.29. The lowest BCUT2D eigenvalue weighted by Gasteiger charge is -2.14. The molecule has 1 aliphatic heterocycles. The fraction of sp³-hybridized carbons (Fsp3) is 0.167. The van der Waals surface area contributed by atoms with Gasteiger partial charge >= 0.3 is 0 Å². The van der Waals surface area contributed by atoms with Crippen LogP contribution in [0.1, 0.15) is 23.2 Å². The predicted octanol–water partition coefficient (Wildman–Crippen LogP) is 2.72. The number of benzene rings is 2. The number of halogens is 1. The summed E-state index contributed by atoms with van der Waals surface area (Å²) in [4.78, 5) is 47.0. The summed E-state index contributed by atoms with van der Waals surface area (Å²) >= 11 is 5.73. The van der Waals surface area contributed by atoms with Crippen molar-refractivity contribution < 1.29 is 19.3 Å². The molecule has 3 rings (SSSR count). The van der Waals surface area contributed by atoms with Gasteiger partial charge in [0, 0.05) is 18.2 Å². The Labute approximate surface area is 164 Å². The Balaban J connectivity index is 1.62. The third-order valence-electron chi connectivity index (χ3n) is 4.14. The minimum absolute atomic E-state index is 0.0413. The van der Waals surface area contributed by atoms with E-state index >= 15 is 0 Å². The Bertz CT molecular complexity index is 978. The molecule has 3 amide bonds. The van der Waals surface area contributed by atoms with Gasteiger partial charge in [0.05, 0.1) is 16.2 Å². The molecule has 1 unspecified atom stereocenters. The number of nitrogens with one attached hydrogen (secondary N) is 3. The van der Waals surface area contributed by atoms with Gasteiger partial charge in [-0.25, -0.2) is 0 Å². The van der Waals surface area contributed by atoms with Crippen LogP contribution in [0.15, 0.2) is 42.5 Å². The number of hydrogen-bond acceptors (Lipinski definition) is 5. The average molecular weight is 403 g/mol. The van der Waals surface area contributed by atoms with Crippen LogP contribution >= 0.6 is 11.6 Å². The van der Waals surface area contributed by atoms with Crippen molar-refractivity contribution in [3.05, 3.63) is 63.2 Å². The number of nitro groups is 1. The third kappa shape index (κ3) is 4.26. The van der Waals surface area contributed by atoms with Crippen molar-refractivity contribution in [2.75, 3.05) is 10.6 Å². The highest BCUT2D eigenvalue weighted by atomic mass is 35.5. The van der Waals surface area contributed by atoms with E-state index < -0.39 is 28.7 Å². The van der Waals surface area contributed by atoms with Crippen molar-refractivity contribution in [1.29, 1.82) is 0 Å². The van der Waals surface area contributed by atoms with E-state index in [1.807, 2.05) is 0 Å². The van der Waals surface area contributed by atoms with Gasteiger partial charge in [-0.2, -0.15) is 0 Å². The topological polar surface area (TPSA) is 130 Å². The quantitative estimate of drug-likeness (QED) is 0.522. The van der Waals surface area contributed by atoms with E-state index in [1.54, 1.807) is 24.3 Å². The molecule has 0 radical (unpaired) electrons. The van der Waals surface area contributed by atoms with Crippen molar-refractivity contribution in [1.82, 2.24) is 5.32 Å². The number of fused-ring (bicyclic) bond motifs is 1. The van der Waals surface area contributed by atoms with Gasteiger partial charge in [0.15, 0.2) is 0 Å². The Hall–Kier alpha value is -3.46. The molecule has 0 aliphatic carbocycles. The molecule has 0 saturated heterocycles. The summed E-state index contributed by atoms with van der Waals surface area (Å²) in [6.45, 7) is 0. The van der Waals surface area contributed by atoms with E-state index in [-0.39, 0.29) is 29.2 Å². The van der Waals surface area contributed by atoms with Gasteiger partial charge in [-0.05, 0) is 30.7 Å². The molecule has 9 nitrogen and oxygen atoms in total. The van der Waals surface area contributed by atoms with Crippen LogP contribution in [-0.2, 0) is 9.59 Å². The number of amides is 3. The number of nitro benzene ring substituents is 1. The molecule has 0 saturated carbocycles. The minimum Gasteiger partial charge on any atom is -0.340 e. The number of carbonyl (C=O) groups is 3. The Morgan fingerprint density at radius 1 is 1.21 bits per heavy atom. The molecule has 2 aromatic rings. The van der Waals surface area contributed by atoms with E-state index in [0.717, 1.165) is 6.07 Å². The van der Waals surface area contributed by atoms with E-state index in [2.05, 4.69) is 16.0 Å². The Morgan fingerprint density at radius 2 is 1.96 bits per heavy atom. The summed E-state index contributed by atoms with van der Waals surface area (Å²) in [5.74, 6) is -1.29. The van der Waals surface area contributed by atoms with E-state index in [1.165, 1.54) is 12.1 Å². The summed E-state index contributed by atoms with van der Waals surface area (Å²) in [5, 5.41) is 18.6. The van der Waals surface area contributed by atoms with Crippen LogP contribution in [0, 0.1) is 10.1 Å². The number of rotatable bonds is 5. The van der Waals surface area contributed by atoms with Gasteiger partial charge in [-0.1, -0.05) is 23.7 Å². The first-order valence-corrected chi connectivity index (χ1v) is 8.67. The SMILES string of the molecule is O=C(CCC1NC(=O)c2ccccc2NC1=O)Nc1ccc(Cl)c([N+](=O)[O-])c1. The van der Waals surface area contributed by atoms with E-state index in [4.69, 9.17) is 11.6 Å². The predicted molar refractivity (Wildman–Crippen MR) is 102 cm³/mol. The fourth-order valence-electron chi connectivity index (χ4n) is 2.74. The first-order chi connectivity index (χ1) is 13.3. The molecule has 0 bridgehead atoms. The molecule has 10 heteroatoms. The van der Waals surface area contributed by atoms with Crippen molar-refractivity contribution in [2.45, 2.75) is 18.9 Å². The molecule has 2 aromatic carbocycles. The second kappa shape index (κ2) is 8.05. The lowest BCUT2D eigenvalue weighted by Crippen LogP contribution is -2.41. The van der Waals surface area contributed by atoms with Crippen molar-refractivity contribution >= 4 is 46.4 Å². The van der Waals surface area contributed by atoms with Crippen LogP contribution in [0.4, 0.5) is 17.1 Å². The molecule has 0 fully saturated rings.